The normalized spacial score (nSPS) is 16.8. The highest BCUT2D eigenvalue weighted by molar-refractivity contribution is 5.79. The fourth-order valence-electron chi connectivity index (χ4n) is 3.71. The Bertz CT molecular complexity index is 736. The Morgan fingerprint density at radius 1 is 1.27 bits per heavy atom. The smallest absolute Gasteiger partial charge is 0.178 e. The number of tetrazole rings is 1. The predicted octanol–water partition coefficient (Wildman–Crippen LogP) is 2.91. The Morgan fingerprint density at radius 2 is 2.08 bits per heavy atom. The summed E-state index contributed by atoms with van der Waals surface area (Å²) in [6.07, 6.45) is 5.92. The van der Waals surface area contributed by atoms with E-state index in [9.17, 15) is 4.79 Å². The third-order valence-corrected chi connectivity index (χ3v) is 5.11. The van der Waals surface area contributed by atoms with Gasteiger partial charge in [0.25, 0.3) is 0 Å². The molecule has 0 aliphatic carbocycles. The second-order valence-corrected chi connectivity index (χ2v) is 6.98. The number of hydrogen-bond acceptors (Lipinski definition) is 5. The van der Waals surface area contributed by atoms with E-state index in [0.717, 1.165) is 38.8 Å². The van der Waals surface area contributed by atoms with Crippen LogP contribution in [-0.2, 0) is 11.2 Å². The second kappa shape index (κ2) is 8.85. The number of carbonyl (C=O) groups is 1. The van der Waals surface area contributed by atoms with Crippen LogP contribution in [0, 0.1) is 5.92 Å². The number of aromatic amines is 1. The summed E-state index contributed by atoms with van der Waals surface area (Å²) in [5, 5.41) is 18.0. The van der Waals surface area contributed by atoms with Gasteiger partial charge in [0, 0.05) is 18.4 Å². The average Bonchev–Trinajstić information content (AvgIpc) is 3.20. The van der Waals surface area contributed by atoms with E-state index in [2.05, 4.69) is 63.2 Å². The van der Waals surface area contributed by atoms with Crippen molar-refractivity contribution in [1.82, 2.24) is 25.9 Å². The van der Waals surface area contributed by atoms with Gasteiger partial charge >= 0.3 is 0 Å². The first-order valence-corrected chi connectivity index (χ1v) is 9.42. The lowest BCUT2D eigenvalue weighted by atomic mass is 9.81. The maximum Gasteiger partial charge on any atom is 0.178 e. The van der Waals surface area contributed by atoms with Crippen LogP contribution in [0.4, 0.5) is 0 Å². The number of carbonyl (C=O) groups excluding carboxylic acids is 1. The highest BCUT2D eigenvalue weighted by Gasteiger charge is 2.29. The molecule has 2 N–H and O–H groups in total. The quantitative estimate of drug-likeness (QED) is 0.762. The number of Topliss-reactive ketones (excluding diaryl/α,β-unsaturated/α-hetero) is 1. The Morgan fingerprint density at radius 3 is 2.65 bits per heavy atom. The molecule has 0 fully saturated rings. The minimum absolute atomic E-state index is 0.0485. The molecule has 3 rings (SSSR count). The van der Waals surface area contributed by atoms with E-state index in [1.54, 1.807) is 6.92 Å². The lowest BCUT2D eigenvalue weighted by Crippen LogP contribution is -2.23. The zero-order valence-electron chi connectivity index (χ0n) is 15.5. The average molecular weight is 353 g/mol. The summed E-state index contributed by atoms with van der Waals surface area (Å²) in [7, 11) is 0. The van der Waals surface area contributed by atoms with Crippen LogP contribution in [0.3, 0.4) is 0 Å². The van der Waals surface area contributed by atoms with Gasteiger partial charge in [-0.25, -0.2) is 0 Å². The van der Waals surface area contributed by atoms with Crippen molar-refractivity contribution in [1.29, 1.82) is 0 Å². The highest BCUT2D eigenvalue weighted by Crippen LogP contribution is 2.30. The van der Waals surface area contributed by atoms with Gasteiger partial charge in [-0.15, -0.1) is 10.2 Å². The SMILES string of the molecule is CCC[C@H](C(C)=O)[C@H](Cc1ccc(C2=CCCNC2)cc1)c1nn[nH]n1. The molecule has 138 valence electrons. The molecule has 1 aromatic carbocycles. The van der Waals surface area contributed by atoms with Gasteiger partial charge in [0.05, 0.1) is 0 Å². The topological polar surface area (TPSA) is 83.6 Å². The Balaban J connectivity index is 1.80. The van der Waals surface area contributed by atoms with Crippen LogP contribution in [0.25, 0.3) is 5.57 Å². The summed E-state index contributed by atoms with van der Waals surface area (Å²) in [6, 6.07) is 8.65. The molecular formula is C20H27N5O. The van der Waals surface area contributed by atoms with Crippen LogP contribution >= 0.6 is 0 Å². The van der Waals surface area contributed by atoms with Crippen molar-refractivity contribution in [3.05, 3.63) is 47.3 Å². The van der Waals surface area contributed by atoms with Crippen LogP contribution in [-0.4, -0.2) is 39.5 Å². The summed E-state index contributed by atoms with van der Waals surface area (Å²) >= 11 is 0. The van der Waals surface area contributed by atoms with Gasteiger partial charge in [-0.3, -0.25) is 4.79 Å². The predicted molar refractivity (Wildman–Crippen MR) is 102 cm³/mol. The molecule has 2 aromatic rings. The summed E-state index contributed by atoms with van der Waals surface area (Å²) in [5.41, 5.74) is 3.80. The molecule has 0 bridgehead atoms. The van der Waals surface area contributed by atoms with E-state index >= 15 is 0 Å². The van der Waals surface area contributed by atoms with E-state index < -0.39 is 0 Å². The van der Waals surface area contributed by atoms with E-state index in [4.69, 9.17) is 0 Å². The second-order valence-electron chi connectivity index (χ2n) is 6.98. The first-order valence-electron chi connectivity index (χ1n) is 9.42. The number of rotatable bonds is 8. The minimum Gasteiger partial charge on any atom is -0.312 e. The molecule has 2 heterocycles. The summed E-state index contributed by atoms with van der Waals surface area (Å²) in [6.45, 7) is 5.74. The molecule has 0 saturated carbocycles. The van der Waals surface area contributed by atoms with E-state index in [0.29, 0.717) is 5.82 Å². The number of nitrogens with zero attached hydrogens (tertiary/aromatic N) is 3. The summed E-state index contributed by atoms with van der Waals surface area (Å²) in [4.78, 5) is 12.2. The number of aromatic nitrogens is 4. The van der Waals surface area contributed by atoms with E-state index in [-0.39, 0.29) is 17.6 Å². The zero-order valence-corrected chi connectivity index (χ0v) is 15.5. The van der Waals surface area contributed by atoms with Crippen molar-refractivity contribution in [2.24, 2.45) is 5.92 Å². The van der Waals surface area contributed by atoms with Crippen molar-refractivity contribution in [3.63, 3.8) is 0 Å². The third-order valence-electron chi connectivity index (χ3n) is 5.11. The fraction of sp³-hybridized carbons (Fsp3) is 0.500. The molecule has 0 spiro atoms. The number of ketones is 1. The molecule has 26 heavy (non-hydrogen) atoms. The van der Waals surface area contributed by atoms with Crippen molar-refractivity contribution in [2.75, 3.05) is 13.1 Å². The van der Waals surface area contributed by atoms with Gasteiger partial charge in [-0.05, 0) is 49.4 Å². The summed E-state index contributed by atoms with van der Waals surface area (Å²) in [5.74, 6) is 0.689. The largest absolute Gasteiger partial charge is 0.312 e. The lowest BCUT2D eigenvalue weighted by Gasteiger charge is -2.22. The van der Waals surface area contributed by atoms with Gasteiger partial charge in [0.1, 0.15) is 5.78 Å². The van der Waals surface area contributed by atoms with Crippen molar-refractivity contribution in [2.45, 2.75) is 45.4 Å². The van der Waals surface area contributed by atoms with E-state index in [1.165, 1.54) is 16.7 Å². The molecule has 0 radical (unpaired) electrons. The van der Waals surface area contributed by atoms with Gasteiger partial charge in [-0.1, -0.05) is 48.9 Å². The molecule has 1 aliphatic rings. The van der Waals surface area contributed by atoms with Crippen molar-refractivity contribution >= 4 is 11.4 Å². The van der Waals surface area contributed by atoms with Gasteiger partial charge < -0.3 is 5.32 Å². The molecule has 2 atom stereocenters. The molecule has 1 aliphatic heterocycles. The molecule has 0 saturated heterocycles. The van der Waals surface area contributed by atoms with Gasteiger partial charge in [0.2, 0.25) is 0 Å². The Kier molecular flexibility index (Phi) is 6.28. The number of nitrogens with one attached hydrogen (secondary N) is 2. The number of hydrogen-bond donors (Lipinski definition) is 2. The zero-order chi connectivity index (χ0) is 18.4. The van der Waals surface area contributed by atoms with E-state index in [1.807, 2.05) is 0 Å². The molecule has 6 nitrogen and oxygen atoms in total. The van der Waals surface area contributed by atoms with Crippen LogP contribution in [0.2, 0.25) is 0 Å². The molecule has 0 amide bonds. The minimum atomic E-state index is -0.0810. The van der Waals surface area contributed by atoms with Crippen molar-refractivity contribution in [3.8, 4) is 0 Å². The standard InChI is InChI=1S/C20H27N5O/c1-3-5-18(14(2)26)19(20-22-24-25-23-20)12-15-7-9-16(10-8-15)17-6-4-11-21-13-17/h6-10,18-19,21H,3-5,11-13H2,1-2H3,(H,22,23,24,25)/t18-,19+/m1/s1. The van der Waals surface area contributed by atoms with Crippen LogP contribution < -0.4 is 5.32 Å². The molecule has 6 heteroatoms. The Hall–Kier alpha value is -2.34. The van der Waals surface area contributed by atoms with Crippen LogP contribution in [0.15, 0.2) is 30.3 Å². The fourth-order valence-corrected chi connectivity index (χ4v) is 3.71. The monoisotopic (exact) mass is 353 g/mol. The molecular weight excluding hydrogens is 326 g/mol. The first-order chi connectivity index (χ1) is 12.7. The number of benzene rings is 1. The maximum absolute atomic E-state index is 12.2. The highest BCUT2D eigenvalue weighted by atomic mass is 16.1. The third kappa shape index (κ3) is 4.43. The number of H-pyrrole nitrogens is 1. The molecule has 0 unspecified atom stereocenters. The maximum atomic E-state index is 12.2. The first kappa shape index (κ1) is 18.5. The van der Waals surface area contributed by atoms with Crippen molar-refractivity contribution < 1.29 is 4.79 Å². The Labute approximate surface area is 154 Å². The molecule has 1 aromatic heterocycles. The lowest BCUT2D eigenvalue weighted by molar-refractivity contribution is -0.121. The van der Waals surface area contributed by atoms with Gasteiger partial charge in [-0.2, -0.15) is 5.21 Å². The van der Waals surface area contributed by atoms with Gasteiger partial charge in [0.15, 0.2) is 5.82 Å². The van der Waals surface area contributed by atoms with Crippen LogP contribution in [0.1, 0.15) is 56.0 Å². The van der Waals surface area contributed by atoms with Crippen LogP contribution in [0.5, 0.6) is 0 Å². The summed E-state index contributed by atoms with van der Waals surface area (Å²) < 4.78 is 0.